The van der Waals surface area contributed by atoms with E-state index in [9.17, 15) is 14.4 Å². The third kappa shape index (κ3) is 6.20. The van der Waals surface area contributed by atoms with E-state index in [2.05, 4.69) is 10.3 Å². The maximum Gasteiger partial charge on any atom is 0.408 e. The summed E-state index contributed by atoms with van der Waals surface area (Å²) in [6.45, 7) is 5.21. The summed E-state index contributed by atoms with van der Waals surface area (Å²) in [6, 6.07) is 19.9. The second kappa shape index (κ2) is 11.1. The molecule has 1 aliphatic heterocycles. The number of ether oxygens (including phenoxy) is 3. The number of rotatable bonds is 7. The Morgan fingerprint density at radius 1 is 1.00 bits per heavy atom. The summed E-state index contributed by atoms with van der Waals surface area (Å²) in [5.74, 6) is -0.230. The highest BCUT2D eigenvalue weighted by atomic mass is 16.6. The fraction of sp³-hybridized carbons (Fsp3) is 0.226. The minimum atomic E-state index is -1.04. The molecule has 4 aromatic rings. The monoisotopic (exact) mass is 540 g/mol. The highest BCUT2D eigenvalue weighted by molar-refractivity contribution is 5.87. The van der Waals surface area contributed by atoms with E-state index in [4.69, 9.17) is 18.6 Å². The topological polar surface area (TPSA) is 116 Å². The van der Waals surface area contributed by atoms with Crippen LogP contribution >= 0.6 is 0 Å². The molecule has 0 aliphatic carbocycles. The smallest absolute Gasteiger partial charge is 0.408 e. The molecule has 204 valence electrons. The van der Waals surface area contributed by atoms with Crippen molar-refractivity contribution in [1.29, 1.82) is 0 Å². The van der Waals surface area contributed by atoms with Crippen LogP contribution in [0.25, 0.3) is 11.0 Å². The molecule has 0 unspecified atom stereocenters. The van der Waals surface area contributed by atoms with Crippen molar-refractivity contribution >= 4 is 34.9 Å². The number of aliphatic imine (C=N–C) groups is 1. The largest absolute Gasteiger partial charge is 0.460 e. The van der Waals surface area contributed by atoms with E-state index in [1.165, 1.54) is 24.5 Å². The Morgan fingerprint density at radius 2 is 1.75 bits per heavy atom. The zero-order valence-corrected chi connectivity index (χ0v) is 22.2. The van der Waals surface area contributed by atoms with Crippen molar-refractivity contribution in [1.82, 2.24) is 5.32 Å². The van der Waals surface area contributed by atoms with Gasteiger partial charge in [0.2, 0.25) is 11.2 Å². The minimum absolute atomic E-state index is 0.0311. The number of benzene rings is 3. The fourth-order valence-electron chi connectivity index (χ4n) is 4.30. The van der Waals surface area contributed by atoms with Crippen LogP contribution in [0, 0.1) is 0 Å². The van der Waals surface area contributed by atoms with Crippen LogP contribution in [-0.4, -0.2) is 29.9 Å². The van der Waals surface area contributed by atoms with Crippen LogP contribution in [0.5, 0.6) is 17.2 Å². The maximum atomic E-state index is 13.3. The van der Waals surface area contributed by atoms with Crippen LogP contribution in [0.4, 0.5) is 10.5 Å². The lowest BCUT2D eigenvalue weighted by Gasteiger charge is -2.24. The third-order valence-corrected chi connectivity index (χ3v) is 6.10. The van der Waals surface area contributed by atoms with Gasteiger partial charge in [-0.25, -0.2) is 9.59 Å². The molecule has 0 spiro atoms. The van der Waals surface area contributed by atoms with Crippen LogP contribution in [0.3, 0.4) is 0 Å². The minimum Gasteiger partial charge on any atom is -0.460 e. The molecule has 40 heavy (non-hydrogen) atoms. The highest BCUT2D eigenvalue weighted by Gasteiger charge is 2.31. The number of hydrogen-bond acceptors (Lipinski definition) is 8. The summed E-state index contributed by atoms with van der Waals surface area (Å²) in [6.07, 6.45) is 2.43. The lowest BCUT2D eigenvalue weighted by molar-refractivity contribution is -0.137. The molecule has 0 fully saturated rings. The van der Waals surface area contributed by atoms with Crippen LogP contribution in [0.15, 0.2) is 93.3 Å². The number of fused-ring (bicyclic) bond motifs is 2. The van der Waals surface area contributed by atoms with Gasteiger partial charge < -0.3 is 23.9 Å². The number of carbonyl (C=O) groups is 2. The molecule has 3 aromatic carbocycles. The molecule has 1 amide bonds. The number of hydrogen-bond donors (Lipinski definition) is 1. The van der Waals surface area contributed by atoms with Crippen molar-refractivity contribution in [3.8, 4) is 17.2 Å². The molecule has 9 heteroatoms. The van der Waals surface area contributed by atoms with Gasteiger partial charge in [-0.2, -0.15) is 0 Å². The van der Waals surface area contributed by atoms with Crippen molar-refractivity contribution in [2.24, 2.45) is 4.99 Å². The van der Waals surface area contributed by atoms with Gasteiger partial charge in [-0.15, -0.1) is 0 Å². The van der Waals surface area contributed by atoms with E-state index in [-0.39, 0.29) is 40.2 Å². The quantitative estimate of drug-likeness (QED) is 0.217. The molecule has 2 atom stereocenters. The first-order chi connectivity index (χ1) is 19.2. The van der Waals surface area contributed by atoms with Gasteiger partial charge >= 0.3 is 12.1 Å². The Morgan fingerprint density at radius 3 is 2.52 bits per heavy atom. The van der Waals surface area contributed by atoms with Crippen molar-refractivity contribution in [3.05, 3.63) is 94.8 Å². The first kappa shape index (κ1) is 26.7. The molecule has 0 bridgehead atoms. The lowest BCUT2D eigenvalue weighted by atomic mass is 9.94. The Kier molecular flexibility index (Phi) is 7.37. The summed E-state index contributed by atoms with van der Waals surface area (Å²) in [4.78, 5) is 43.3. The Bertz CT molecular complexity index is 1640. The van der Waals surface area contributed by atoms with Crippen LogP contribution in [0.2, 0.25) is 0 Å². The predicted molar refractivity (Wildman–Crippen MR) is 150 cm³/mol. The summed E-state index contributed by atoms with van der Waals surface area (Å²) < 4.78 is 22.3. The Labute approximate surface area is 230 Å². The second-order valence-electron chi connectivity index (χ2n) is 10.3. The third-order valence-electron chi connectivity index (χ3n) is 6.10. The summed E-state index contributed by atoms with van der Waals surface area (Å²) in [5, 5.41) is 2.90. The molecule has 9 nitrogen and oxygen atoms in total. The molecule has 0 saturated heterocycles. The average Bonchev–Trinajstić information content (AvgIpc) is 3.32. The fourth-order valence-corrected chi connectivity index (χ4v) is 4.30. The van der Waals surface area contributed by atoms with Gasteiger partial charge in [0.25, 0.3) is 0 Å². The lowest BCUT2D eigenvalue weighted by Crippen LogP contribution is -2.46. The van der Waals surface area contributed by atoms with E-state index in [0.29, 0.717) is 5.75 Å². The van der Waals surface area contributed by atoms with Gasteiger partial charge in [-0.1, -0.05) is 36.4 Å². The standard InChI is InChI=1S/C31H28N2O7/c1-31(2,3)40-30(36)33-25(15-19-17-32-24-12-8-7-11-22(19)24)29(35)39-21-13-14-23-26(16-21)37-18-27(28(23)34)38-20-9-5-4-6-10-20/h4-14,16-19,25H,15H2,1-3H3,(H,33,36)/t19-,25-/m1/s1. The average molecular weight is 541 g/mol. The van der Waals surface area contributed by atoms with Gasteiger partial charge in [0.1, 0.15) is 35.0 Å². The van der Waals surface area contributed by atoms with Crippen LogP contribution in [0.1, 0.15) is 38.7 Å². The van der Waals surface area contributed by atoms with Crippen molar-refractivity contribution in [3.63, 3.8) is 0 Å². The molecule has 0 radical (unpaired) electrons. The zero-order chi connectivity index (χ0) is 28.3. The molecular formula is C31H28N2O7. The van der Waals surface area contributed by atoms with Crippen molar-refractivity contribution in [2.75, 3.05) is 0 Å². The van der Waals surface area contributed by atoms with E-state index in [1.807, 2.05) is 30.3 Å². The summed E-state index contributed by atoms with van der Waals surface area (Å²) >= 11 is 0. The van der Waals surface area contributed by atoms with Gasteiger partial charge in [-0.05, 0) is 63.1 Å². The van der Waals surface area contributed by atoms with Gasteiger partial charge in [0, 0.05) is 18.2 Å². The number of nitrogens with zero attached hydrogens (tertiary/aromatic N) is 1. The predicted octanol–water partition coefficient (Wildman–Crippen LogP) is 6.27. The number of esters is 1. The second-order valence-corrected chi connectivity index (χ2v) is 10.3. The number of alkyl carbamates (subject to hydrolysis) is 1. The maximum absolute atomic E-state index is 13.3. The first-order valence-electron chi connectivity index (χ1n) is 12.8. The highest BCUT2D eigenvalue weighted by Crippen LogP contribution is 2.34. The normalized spacial score (nSPS) is 14.8. The molecule has 5 rings (SSSR count). The molecule has 2 heterocycles. The SMILES string of the molecule is CC(C)(C)OC(=O)N[C@H](C[C@@H]1C=Nc2ccccc21)C(=O)Oc1ccc2c(=O)c(Oc3ccccc3)coc2c1. The van der Waals surface area contributed by atoms with Crippen molar-refractivity contribution < 1.29 is 28.2 Å². The molecule has 1 N–H and O–H groups in total. The summed E-state index contributed by atoms with van der Waals surface area (Å²) in [7, 11) is 0. The molecule has 1 aromatic heterocycles. The number of amides is 1. The Balaban J connectivity index is 1.35. The molecule has 0 saturated carbocycles. The van der Waals surface area contributed by atoms with E-state index in [1.54, 1.807) is 51.3 Å². The van der Waals surface area contributed by atoms with Crippen LogP contribution < -0.4 is 20.2 Å². The van der Waals surface area contributed by atoms with E-state index >= 15 is 0 Å². The van der Waals surface area contributed by atoms with Gasteiger partial charge in [-0.3, -0.25) is 9.79 Å². The number of para-hydroxylation sites is 2. The van der Waals surface area contributed by atoms with Gasteiger partial charge in [0.15, 0.2) is 0 Å². The zero-order valence-electron chi connectivity index (χ0n) is 22.2. The van der Waals surface area contributed by atoms with Crippen LogP contribution in [-0.2, 0) is 9.53 Å². The van der Waals surface area contributed by atoms with E-state index in [0.717, 1.165) is 11.3 Å². The molecule has 1 aliphatic rings. The number of carbonyl (C=O) groups excluding carboxylic acids is 2. The molecular weight excluding hydrogens is 512 g/mol. The van der Waals surface area contributed by atoms with E-state index < -0.39 is 23.7 Å². The van der Waals surface area contributed by atoms with Crippen molar-refractivity contribution in [2.45, 2.75) is 44.8 Å². The number of nitrogens with one attached hydrogen (secondary N) is 1. The first-order valence-corrected chi connectivity index (χ1v) is 12.8. The van der Waals surface area contributed by atoms with Gasteiger partial charge in [0.05, 0.1) is 11.1 Å². The Hall–Kier alpha value is -4.92. The summed E-state index contributed by atoms with van der Waals surface area (Å²) in [5.41, 5.74) is 0.860.